The molecule has 524 valence electrons. The maximum absolute atomic E-state index is 5.13. The van der Waals surface area contributed by atoms with E-state index < -0.39 is 0 Å². The molecule has 6 heterocycles. The number of para-hydroxylation sites is 4. The Morgan fingerprint density at radius 1 is 0.152 bits per heavy atom. The smallest absolute Gasteiger partial charge is 0.164 e. The maximum Gasteiger partial charge on any atom is 0.164 e. The SMILES string of the molecule is c1ccc(-c2ccc(-c3nc(-c4ccc(-c5cccc(-n6c7ccccc7c7ccccc76)c5)cc4)nc(-c4ccc5c(c4)sc4ccccc45)n3)cc2)cc1.c1ccc(-c2cccc(-c3nc(-c4ccc(-c5cccc(-n6c7ccccc7c7ccccc76)c5)cc4)nc(-c4ccc5c(c4)sc4ccccc45)n3)c2)cc1. The number of fused-ring (bicyclic) bond motifs is 12. The van der Waals surface area contributed by atoms with Crippen LogP contribution in [0.25, 0.3) is 208 Å². The Bertz CT molecular complexity index is 7260. The van der Waals surface area contributed by atoms with Gasteiger partial charge in [-0.2, -0.15) is 0 Å². The molecule has 0 N–H and O–H groups in total. The molecular weight excluding hydrogens is 1400 g/mol. The first-order valence-electron chi connectivity index (χ1n) is 37.5. The Balaban J connectivity index is 0.000000141. The second kappa shape index (κ2) is 28.0. The second-order valence-electron chi connectivity index (χ2n) is 28.1. The zero-order chi connectivity index (χ0) is 74.0. The molecule has 22 aromatic rings. The summed E-state index contributed by atoms with van der Waals surface area (Å²) in [4.78, 5) is 30.6. The van der Waals surface area contributed by atoms with E-state index in [0.29, 0.717) is 34.9 Å². The van der Waals surface area contributed by atoms with Crippen molar-refractivity contribution in [3.63, 3.8) is 0 Å². The number of aromatic nitrogens is 8. The molecule has 0 saturated carbocycles. The van der Waals surface area contributed by atoms with Crippen molar-refractivity contribution in [2.45, 2.75) is 0 Å². The van der Waals surface area contributed by atoms with Crippen molar-refractivity contribution < 1.29 is 0 Å². The highest BCUT2D eigenvalue weighted by Crippen LogP contribution is 2.42. The molecule has 0 atom stereocenters. The maximum atomic E-state index is 5.13. The van der Waals surface area contributed by atoms with E-state index in [1.165, 1.54) is 89.5 Å². The fourth-order valence-corrected chi connectivity index (χ4v) is 18.1. The van der Waals surface area contributed by atoms with Crippen molar-refractivity contribution in [3.8, 4) is 124 Å². The predicted molar refractivity (Wildman–Crippen MR) is 468 cm³/mol. The summed E-state index contributed by atoms with van der Waals surface area (Å²) in [6.45, 7) is 0. The molecule has 10 heteroatoms. The quantitative estimate of drug-likeness (QED) is 0.121. The zero-order valence-electron chi connectivity index (χ0n) is 60.3. The van der Waals surface area contributed by atoms with Gasteiger partial charge in [-0.25, -0.2) is 29.9 Å². The molecule has 0 aliphatic heterocycles. The second-order valence-corrected chi connectivity index (χ2v) is 30.3. The Hall–Kier alpha value is -14.4. The van der Waals surface area contributed by atoms with Crippen LogP contribution in [0.5, 0.6) is 0 Å². The fourth-order valence-electron chi connectivity index (χ4n) is 15.8. The Morgan fingerprint density at radius 3 is 0.777 bits per heavy atom. The highest BCUT2D eigenvalue weighted by molar-refractivity contribution is 7.26. The van der Waals surface area contributed by atoms with Gasteiger partial charge in [-0.15, -0.1) is 22.7 Å². The largest absolute Gasteiger partial charge is 0.309 e. The van der Waals surface area contributed by atoms with Crippen LogP contribution in [0.4, 0.5) is 0 Å². The van der Waals surface area contributed by atoms with Crippen molar-refractivity contribution in [1.82, 2.24) is 39.0 Å². The number of nitrogens with zero attached hydrogens (tertiary/aromatic N) is 8. The predicted octanol–water partition coefficient (Wildman–Crippen LogP) is 27.3. The minimum atomic E-state index is 0.636. The van der Waals surface area contributed by atoms with Crippen molar-refractivity contribution in [2.75, 3.05) is 0 Å². The van der Waals surface area contributed by atoms with Gasteiger partial charge in [0.05, 0.1) is 22.1 Å². The fraction of sp³-hybridized carbons (Fsp3) is 0. The van der Waals surface area contributed by atoms with Crippen molar-refractivity contribution >= 4 is 107 Å². The van der Waals surface area contributed by atoms with Crippen LogP contribution in [0, 0.1) is 0 Å². The topological polar surface area (TPSA) is 87.2 Å². The third-order valence-electron chi connectivity index (χ3n) is 21.3. The molecule has 0 aliphatic carbocycles. The molecule has 112 heavy (non-hydrogen) atoms. The molecular formula is C102H64N8S2. The molecule has 16 aromatic carbocycles. The third kappa shape index (κ3) is 12.1. The van der Waals surface area contributed by atoms with Gasteiger partial charge < -0.3 is 9.13 Å². The molecule has 0 radical (unpaired) electrons. The molecule has 8 nitrogen and oxygen atoms in total. The van der Waals surface area contributed by atoms with Gasteiger partial charge in [-0.1, -0.05) is 309 Å². The minimum Gasteiger partial charge on any atom is -0.309 e. The van der Waals surface area contributed by atoms with E-state index in [-0.39, 0.29) is 0 Å². The van der Waals surface area contributed by atoms with Gasteiger partial charge in [-0.05, 0) is 123 Å². The van der Waals surface area contributed by atoms with Gasteiger partial charge >= 0.3 is 0 Å². The Kier molecular flexibility index (Phi) is 16.4. The molecule has 0 amide bonds. The van der Waals surface area contributed by atoms with E-state index in [4.69, 9.17) is 29.9 Å². The van der Waals surface area contributed by atoms with Crippen LogP contribution in [0.15, 0.2) is 388 Å². The number of thiophene rings is 2. The average Bonchev–Trinajstić information content (AvgIpc) is 1.60. The lowest BCUT2D eigenvalue weighted by Gasteiger charge is -2.12. The Labute approximate surface area is 653 Å². The normalized spacial score (nSPS) is 11.6. The molecule has 0 aliphatic rings. The molecule has 0 fully saturated rings. The number of benzene rings is 16. The Morgan fingerprint density at radius 2 is 0.393 bits per heavy atom. The zero-order valence-corrected chi connectivity index (χ0v) is 62.0. The van der Waals surface area contributed by atoms with Gasteiger partial charge in [0.15, 0.2) is 34.9 Å². The first kappa shape index (κ1) is 65.8. The lowest BCUT2D eigenvalue weighted by Crippen LogP contribution is -2.00. The van der Waals surface area contributed by atoms with Gasteiger partial charge in [0.25, 0.3) is 0 Å². The summed E-state index contributed by atoms with van der Waals surface area (Å²) in [6.07, 6.45) is 0. The minimum absolute atomic E-state index is 0.636. The molecule has 22 rings (SSSR count). The van der Waals surface area contributed by atoms with Crippen molar-refractivity contribution in [1.29, 1.82) is 0 Å². The summed E-state index contributed by atoms with van der Waals surface area (Å²) in [5, 5.41) is 10.1. The van der Waals surface area contributed by atoms with Crippen LogP contribution in [0.3, 0.4) is 0 Å². The summed E-state index contributed by atoms with van der Waals surface area (Å²) in [7, 11) is 0. The molecule has 0 spiro atoms. The van der Waals surface area contributed by atoms with Gasteiger partial charge in [0.2, 0.25) is 0 Å². The van der Waals surface area contributed by atoms with Crippen molar-refractivity contribution in [2.24, 2.45) is 0 Å². The van der Waals surface area contributed by atoms with Crippen LogP contribution in [-0.4, -0.2) is 39.0 Å². The summed E-state index contributed by atoms with van der Waals surface area (Å²) in [5.41, 5.74) is 21.8. The number of rotatable bonds is 12. The molecule has 0 saturated heterocycles. The third-order valence-corrected chi connectivity index (χ3v) is 23.6. The lowest BCUT2D eigenvalue weighted by molar-refractivity contribution is 1.07. The molecule has 6 aromatic heterocycles. The first-order chi connectivity index (χ1) is 55.5. The van der Waals surface area contributed by atoms with Crippen LogP contribution >= 0.6 is 22.7 Å². The molecule has 0 bridgehead atoms. The van der Waals surface area contributed by atoms with E-state index in [1.807, 2.05) is 12.1 Å². The van der Waals surface area contributed by atoms with E-state index in [2.05, 4.69) is 385 Å². The van der Waals surface area contributed by atoms with Gasteiger partial charge in [0.1, 0.15) is 0 Å². The van der Waals surface area contributed by atoms with E-state index in [1.54, 1.807) is 22.7 Å². The standard InChI is InChI=1S/2C51H32N4S/c1-2-12-33(13-3-1)36-14-10-16-38(30-36)50-52-49(53-51(54-50)39-28-29-44-43-20-6-9-23-47(43)56-48(44)32-39)35-26-24-34(25-27-35)37-15-11-17-40(31-37)55-45-21-7-4-18-41(45)42-19-5-8-22-46(42)55;1-2-11-33(12-3-1)34-21-25-36(26-22-34)49-52-50(54-51(53-49)39-29-30-44-43-17-6-9-20-47(43)56-48(44)32-39)37-27-23-35(24-28-37)38-13-10-14-40(31-38)55-45-18-7-4-15-41(45)42-16-5-8-19-46(42)55/h2*1-32H. The number of hydrogen-bond acceptors (Lipinski definition) is 8. The van der Waals surface area contributed by atoms with Crippen LogP contribution in [0.2, 0.25) is 0 Å². The first-order valence-corrected chi connectivity index (χ1v) is 39.2. The number of hydrogen-bond donors (Lipinski definition) is 0. The van der Waals surface area contributed by atoms with Crippen molar-refractivity contribution in [3.05, 3.63) is 388 Å². The lowest BCUT2D eigenvalue weighted by atomic mass is 10.0. The monoisotopic (exact) mass is 1460 g/mol. The van der Waals surface area contributed by atoms with Crippen LogP contribution in [0.1, 0.15) is 0 Å². The van der Waals surface area contributed by atoms with E-state index >= 15 is 0 Å². The summed E-state index contributed by atoms with van der Waals surface area (Å²) >= 11 is 3.60. The van der Waals surface area contributed by atoms with Crippen LogP contribution < -0.4 is 0 Å². The highest BCUT2D eigenvalue weighted by atomic mass is 32.1. The van der Waals surface area contributed by atoms with Gasteiger partial charge in [0, 0.05) is 107 Å². The summed E-state index contributed by atoms with van der Waals surface area (Å²) < 4.78 is 9.70. The van der Waals surface area contributed by atoms with E-state index in [0.717, 1.165) is 83.7 Å². The highest BCUT2D eigenvalue weighted by Gasteiger charge is 2.20. The summed E-state index contributed by atoms with van der Waals surface area (Å²) in [6, 6.07) is 137. The van der Waals surface area contributed by atoms with Gasteiger partial charge in [-0.3, -0.25) is 0 Å². The van der Waals surface area contributed by atoms with Crippen LogP contribution in [-0.2, 0) is 0 Å². The average molecular weight is 1470 g/mol. The molecule has 0 unspecified atom stereocenters. The summed E-state index contributed by atoms with van der Waals surface area (Å²) in [5.74, 6) is 3.86. The van der Waals surface area contributed by atoms with E-state index in [9.17, 15) is 0 Å².